The zero-order valence-corrected chi connectivity index (χ0v) is 10.8. The lowest BCUT2D eigenvalue weighted by Crippen LogP contribution is -2.07. The van der Waals surface area contributed by atoms with Gasteiger partial charge in [-0.25, -0.2) is 0 Å². The maximum absolute atomic E-state index is 11.9. The van der Waals surface area contributed by atoms with E-state index in [1.54, 1.807) is 12.4 Å². The molecule has 0 fully saturated rings. The van der Waals surface area contributed by atoms with Gasteiger partial charge in [-0.2, -0.15) is 0 Å². The monoisotopic (exact) mass is 269 g/mol. The van der Waals surface area contributed by atoms with E-state index in [2.05, 4.69) is 34.8 Å². The van der Waals surface area contributed by atoms with Crippen LogP contribution in [0.4, 0.5) is 0 Å². The van der Waals surface area contributed by atoms with E-state index >= 15 is 0 Å². The first-order valence-electron chi connectivity index (χ1n) is 5.31. The van der Waals surface area contributed by atoms with Crippen LogP contribution in [0.2, 0.25) is 0 Å². The molecule has 15 heavy (non-hydrogen) atoms. The lowest BCUT2D eigenvalue weighted by Gasteiger charge is -2.10. The standard InChI is InChI=1S/C12H16BrNO/c1-3-9(4-2)5-12(15)10-6-11(13)8-14-7-10/h6-9H,3-5H2,1-2H3. The molecule has 0 saturated carbocycles. The van der Waals surface area contributed by atoms with Crippen LogP contribution in [-0.2, 0) is 0 Å². The molecule has 0 aliphatic rings. The van der Waals surface area contributed by atoms with Gasteiger partial charge in [-0.15, -0.1) is 0 Å². The third-order valence-electron chi connectivity index (χ3n) is 2.66. The van der Waals surface area contributed by atoms with Crippen LogP contribution in [-0.4, -0.2) is 10.8 Å². The summed E-state index contributed by atoms with van der Waals surface area (Å²) in [7, 11) is 0. The summed E-state index contributed by atoms with van der Waals surface area (Å²) in [5, 5.41) is 0. The van der Waals surface area contributed by atoms with Crippen LogP contribution >= 0.6 is 15.9 Å². The molecule has 0 unspecified atom stereocenters. The van der Waals surface area contributed by atoms with Crippen molar-refractivity contribution in [3.8, 4) is 0 Å². The topological polar surface area (TPSA) is 30.0 Å². The van der Waals surface area contributed by atoms with E-state index in [4.69, 9.17) is 0 Å². The largest absolute Gasteiger partial charge is 0.294 e. The van der Waals surface area contributed by atoms with Crippen molar-refractivity contribution in [1.82, 2.24) is 4.98 Å². The Morgan fingerprint density at radius 3 is 2.60 bits per heavy atom. The van der Waals surface area contributed by atoms with Crippen LogP contribution < -0.4 is 0 Å². The molecular formula is C12H16BrNO. The van der Waals surface area contributed by atoms with Crippen molar-refractivity contribution in [3.63, 3.8) is 0 Å². The van der Waals surface area contributed by atoms with Crippen LogP contribution in [0.1, 0.15) is 43.5 Å². The third kappa shape index (κ3) is 3.74. The molecule has 0 aliphatic carbocycles. The summed E-state index contributed by atoms with van der Waals surface area (Å²) in [6.07, 6.45) is 6.07. The Bertz CT molecular complexity index is 334. The highest BCUT2D eigenvalue weighted by Gasteiger charge is 2.12. The minimum absolute atomic E-state index is 0.192. The number of hydrogen-bond donors (Lipinski definition) is 0. The molecule has 2 nitrogen and oxygen atoms in total. The molecule has 1 heterocycles. The zero-order chi connectivity index (χ0) is 11.3. The molecule has 0 atom stereocenters. The van der Waals surface area contributed by atoms with E-state index in [0.717, 1.165) is 17.3 Å². The molecule has 0 N–H and O–H groups in total. The highest BCUT2D eigenvalue weighted by atomic mass is 79.9. The van der Waals surface area contributed by atoms with Crippen LogP contribution in [0, 0.1) is 5.92 Å². The molecule has 0 spiro atoms. The summed E-state index contributed by atoms with van der Waals surface area (Å²) < 4.78 is 0.859. The van der Waals surface area contributed by atoms with Crippen LogP contribution in [0.15, 0.2) is 22.9 Å². The van der Waals surface area contributed by atoms with E-state index in [0.29, 0.717) is 17.9 Å². The fourth-order valence-electron chi connectivity index (χ4n) is 1.52. The predicted octanol–water partition coefficient (Wildman–Crippen LogP) is 3.85. The second-order valence-electron chi connectivity index (χ2n) is 3.70. The lowest BCUT2D eigenvalue weighted by atomic mass is 9.95. The normalized spacial score (nSPS) is 10.7. The Kier molecular flexibility index (Phi) is 4.95. The molecule has 0 saturated heterocycles. The van der Waals surface area contributed by atoms with Crippen LogP contribution in [0.25, 0.3) is 0 Å². The molecule has 1 aromatic rings. The number of carbonyl (C=O) groups excluding carboxylic acids is 1. The summed E-state index contributed by atoms with van der Waals surface area (Å²) >= 11 is 3.32. The number of carbonyl (C=O) groups is 1. The summed E-state index contributed by atoms with van der Waals surface area (Å²) in [6, 6.07) is 1.83. The zero-order valence-electron chi connectivity index (χ0n) is 9.16. The van der Waals surface area contributed by atoms with E-state index < -0.39 is 0 Å². The summed E-state index contributed by atoms with van der Waals surface area (Å²) in [6.45, 7) is 4.25. The number of nitrogens with zero attached hydrogens (tertiary/aromatic N) is 1. The lowest BCUT2D eigenvalue weighted by molar-refractivity contribution is 0.0958. The van der Waals surface area contributed by atoms with Gasteiger partial charge >= 0.3 is 0 Å². The number of aromatic nitrogens is 1. The minimum atomic E-state index is 0.192. The number of hydrogen-bond acceptors (Lipinski definition) is 2. The van der Waals surface area contributed by atoms with Gasteiger partial charge in [0.15, 0.2) is 5.78 Å². The summed E-state index contributed by atoms with van der Waals surface area (Å²) in [5.74, 6) is 0.689. The van der Waals surface area contributed by atoms with Crippen molar-refractivity contribution in [1.29, 1.82) is 0 Å². The second kappa shape index (κ2) is 6.01. The first kappa shape index (κ1) is 12.4. The summed E-state index contributed by atoms with van der Waals surface area (Å²) in [5.41, 5.74) is 0.705. The number of ketones is 1. The maximum Gasteiger partial charge on any atom is 0.164 e. The van der Waals surface area contributed by atoms with Gasteiger partial charge in [0.25, 0.3) is 0 Å². The molecule has 0 bridgehead atoms. The highest BCUT2D eigenvalue weighted by molar-refractivity contribution is 9.10. The van der Waals surface area contributed by atoms with Crippen molar-refractivity contribution in [2.24, 2.45) is 5.92 Å². The van der Waals surface area contributed by atoms with Crippen LogP contribution in [0.5, 0.6) is 0 Å². The fourth-order valence-corrected chi connectivity index (χ4v) is 1.89. The Balaban J connectivity index is 2.68. The van der Waals surface area contributed by atoms with Crippen LogP contribution in [0.3, 0.4) is 0 Å². The van der Waals surface area contributed by atoms with Crippen molar-refractivity contribution >= 4 is 21.7 Å². The fraction of sp³-hybridized carbons (Fsp3) is 0.500. The number of Topliss-reactive ketones (excluding diaryl/α,β-unsaturated/α-hetero) is 1. The first-order valence-corrected chi connectivity index (χ1v) is 6.10. The van der Waals surface area contributed by atoms with Gasteiger partial charge in [0, 0.05) is 28.9 Å². The summed E-state index contributed by atoms with van der Waals surface area (Å²) in [4.78, 5) is 15.9. The Morgan fingerprint density at radius 2 is 2.07 bits per heavy atom. The van der Waals surface area contributed by atoms with Crippen molar-refractivity contribution in [2.45, 2.75) is 33.1 Å². The number of halogens is 1. The predicted molar refractivity (Wildman–Crippen MR) is 65.0 cm³/mol. The van der Waals surface area contributed by atoms with Gasteiger partial charge in [-0.05, 0) is 27.9 Å². The van der Waals surface area contributed by atoms with Gasteiger partial charge in [-0.3, -0.25) is 9.78 Å². The van der Waals surface area contributed by atoms with Crippen molar-refractivity contribution in [3.05, 3.63) is 28.5 Å². The van der Waals surface area contributed by atoms with E-state index in [1.165, 1.54) is 0 Å². The highest BCUT2D eigenvalue weighted by Crippen LogP contribution is 2.17. The minimum Gasteiger partial charge on any atom is -0.294 e. The molecule has 0 radical (unpaired) electrons. The smallest absolute Gasteiger partial charge is 0.164 e. The second-order valence-corrected chi connectivity index (χ2v) is 4.62. The molecule has 82 valence electrons. The van der Waals surface area contributed by atoms with E-state index in [9.17, 15) is 4.79 Å². The van der Waals surface area contributed by atoms with Gasteiger partial charge in [-0.1, -0.05) is 26.7 Å². The average molecular weight is 270 g/mol. The molecule has 1 aromatic heterocycles. The average Bonchev–Trinajstić information content (AvgIpc) is 2.25. The van der Waals surface area contributed by atoms with E-state index in [-0.39, 0.29) is 5.78 Å². The Hall–Kier alpha value is -0.700. The molecule has 0 aromatic carbocycles. The Labute approximate surface area is 99.2 Å². The van der Waals surface area contributed by atoms with Gasteiger partial charge in [0.1, 0.15) is 0 Å². The third-order valence-corrected chi connectivity index (χ3v) is 3.09. The molecule has 1 rings (SSSR count). The van der Waals surface area contributed by atoms with Gasteiger partial charge in [0.05, 0.1) is 0 Å². The maximum atomic E-state index is 11.9. The quantitative estimate of drug-likeness (QED) is 0.760. The number of pyridine rings is 1. The molecular weight excluding hydrogens is 254 g/mol. The SMILES string of the molecule is CCC(CC)CC(=O)c1cncc(Br)c1. The van der Waals surface area contributed by atoms with Crippen molar-refractivity contribution in [2.75, 3.05) is 0 Å². The first-order chi connectivity index (χ1) is 7.17. The van der Waals surface area contributed by atoms with Gasteiger partial charge in [0.2, 0.25) is 0 Å². The van der Waals surface area contributed by atoms with E-state index in [1.807, 2.05) is 6.07 Å². The van der Waals surface area contributed by atoms with Gasteiger partial charge < -0.3 is 0 Å². The Morgan fingerprint density at radius 1 is 1.40 bits per heavy atom. The molecule has 0 amide bonds. The number of rotatable bonds is 5. The molecule has 0 aliphatic heterocycles. The molecule has 3 heteroatoms. The van der Waals surface area contributed by atoms with Crippen molar-refractivity contribution < 1.29 is 4.79 Å².